The first-order chi connectivity index (χ1) is 18.9. The molecule has 0 aliphatic carbocycles. The molecule has 11 heteroatoms. The van der Waals surface area contributed by atoms with Crippen LogP contribution < -0.4 is 21.3 Å². The van der Waals surface area contributed by atoms with Crippen molar-refractivity contribution in [1.29, 1.82) is 0 Å². The lowest BCUT2D eigenvalue weighted by molar-refractivity contribution is -0.138. The van der Waals surface area contributed by atoms with Crippen LogP contribution in [0.15, 0.2) is 36.4 Å². The maximum atomic E-state index is 14.4. The van der Waals surface area contributed by atoms with E-state index in [1.54, 1.807) is 11.0 Å². The summed E-state index contributed by atoms with van der Waals surface area (Å²) in [6.07, 6.45) is 1.89. The van der Waals surface area contributed by atoms with Crippen LogP contribution in [0.3, 0.4) is 0 Å². The number of carboxylic acid groups (broad SMARTS) is 1. The second kappa shape index (κ2) is 12.6. The van der Waals surface area contributed by atoms with Gasteiger partial charge in [-0.2, -0.15) is 0 Å². The zero-order valence-electron chi connectivity index (χ0n) is 23.0. The number of hydrogen-bond acceptors (Lipinski definition) is 6. The number of nitrogens with one attached hydrogen (secondary N) is 4. The molecule has 2 aromatic carbocycles. The molecule has 0 aromatic heterocycles. The number of carbonyl (C=O) groups excluding carboxylic acids is 2. The van der Waals surface area contributed by atoms with Crippen LogP contribution in [0.25, 0.3) is 11.1 Å². The van der Waals surface area contributed by atoms with Gasteiger partial charge in [0.25, 0.3) is 0 Å². The van der Waals surface area contributed by atoms with E-state index < -0.39 is 29.8 Å². The third-order valence-corrected chi connectivity index (χ3v) is 7.64. The maximum Gasteiger partial charge on any atom is 0.337 e. The van der Waals surface area contributed by atoms with Crippen LogP contribution in [-0.2, 0) is 9.59 Å². The van der Waals surface area contributed by atoms with Gasteiger partial charge in [0.15, 0.2) is 0 Å². The van der Waals surface area contributed by atoms with E-state index in [1.165, 1.54) is 24.3 Å². The lowest BCUT2D eigenvalue weighted by Gasteiger charge is -2.41. The van der Waals surface area contributed by atoms with Crippen molar-refractivity contribution in [3.05, 3.63) is 52.8 Å². The molecule has 0 saturated carbocycles. The number of hydrogen-bond donors (Lipinski definition) is 5. The molecular weight excluding hydrogens is 537 g/mol. The number of anilines is 1. The molecule has 0 radical (unpaired) electrons. The highest BCUT2D eigenvalue weighted by atomic mass is 35.5. The maximum absolute atomic E-state index is 14.4. The monoisotopic (exact) mass is 573 g/mol. The van der Waals surface area contributed by atoms with Crippen molar-refractivity contribution < 1.29 is 23.9 Å². The Bertz CT molecular complexity index is 1260. The Morgan fingerprint density at radius 3 is 2.48 bits per heavy atom. The average molecular weight is 574 g/mol. The van der Waals surface area contributed by atoms with E-state index in [9.17, 15) is 23.9 Å². The number of rotatable bonds is 7. The van der Waals surface area contributed by atoms with Crippen molar-refractivity contribution in [1.82, 2.24) is 20.9 Å². The fourth-order valence-electron chi connectivity index (χ4n) is 5.17. The van der Waals surface area contributed by atoms with Gasteiger partial charge in [0, 0.05) is 36.3 Å². The molecule has 2 unspecified atom stereocenters. The van der Waals surface area contributed by atoms with Crippen LogP contribution in [0, 0.1) is 11.2 Å². The average Bonchev–Trinajstić information content (AvgIpc) is 2.91. The molecule has 5 N–H and O–H groups in total. The Morgan fingerprint density at radius 2 is 1.82 bits per heavy atom. The third kappa shape index (κ3) is 7.17. The van der Waals surface area contributed by atoms with Crippen molar-refractivity contribution in [2.75, 3.05) is 38.0 Å². The van der Waals surface area contributed by atoms with Gasteiger partial charge in [0.1, 0.15) is 11.9 Å². The van der Waals surface area contributed by atoms with Crippen molar-refractivity contribution in [2.24, 2.45) is 5.41 Å². The molecule has 0 spiro atoms. The molecule has 2 atom stereocenters. The number of piperidine rings is 1. The second-order valence-electron chi connectivity index (χ2n) is 11.5. The van der Waals surface area contributed by atoms with Crippen molar-refractivity contribution in [3.8, 4) is 11.1 Å². The zero-order chi connectivity index (χ0) is 29.0. The van der Waals surface area contributed by atoms with Gasteiger partial charge in [-0.3, -0.25) is 9.59 Å². The predicted molar refractivity (Wildman–Crippen MR) is 153 cm³/mol. The number of halogens is 2. The number of carbonyl (C=O) groups is 3. The summed E-state index contributed by atoms with van der Waals surface area (Å²) in [5.74, 6) is -2.35. The van der Waals surface area contributed by atoms with Crippen LogP contribution in [-0.4, -0.2) is 78.6 Å². The minimum Gasteiger partial charge on any atom is -0.478 e. The number of piperazine rings is 1. The van der Waals surface area contributed by atoms with Gasteiger partial charge < -0.3 is 31.3 Å². The van der Waals surface area contributed by atoms with Gasteiger partial charge in [-0.15, -0.1) is 0 Å². The summed E-state index contributed by atoms with van der Waals surface area (Å²) in [6, 6.07) is 7.55. The van der Waals surface area contributed by atoms with E-state index in [1.807, 2.05) is 20.8 Å². The SMILES string of the molecule is CC(C)(C)C(NC1CCNCC1)C(=O)N1CCNC(C(=O)Nc2ccc(-c3ccc(Cl)cc3F)cc2C(=O)O)C1. The third-order valence-electron chi connectivity index (χ3n) is 7.41. The number of carboxylic acids is 1. The van der Waals surface area contributed by atoms with Crippen LogP contribution in [0.5, 0.6) is 0 Å². The molecule has 40 heavy (non-hydrogen) atoms. The smallest absolute Gasteiger partial charge is 0.337 e. The van der Waals surface area contributed by atoms with Crippen LogP contribution >= 0.6 is 11.6 Å². The molecule has 9 nitrogen and oxygen atoms in total. The van der Waals surface area contributed by atoms with Gasteiger partial charge in [0.2, 0.25) is 11.8 Å². The van der Waals surface area contributed by atoms with Crippen molar-refractivity contribution in [3.63, 3.8) is 0 Å². The highest BCUT2D eigenvalue weighted by Crippen LogP contribution is 2.29. The van der Waals surface area contributed by atoms with Gasteiger partial charge >= 0.3 is 5.97 Å². The molecule has 2 aromatic rings. The zero-order valence-corrected chi connectivity index (χ0v) is 23.8. The second-order valence-corrected chi connectivity index (χ2v) is 11.9. The number of benzene rings is 2. The summed E-state index contributed by atoms with van der Waals surface area (Å²) in [7, 11) is 0. The molecule has 2 fully saturated rings. The van der Waals surface area contributed by atoms with E-state index in [0.29, 0.717) is 18.7 Å². The minimum atomic E-state index is -1.27. The molecule has 2 aliphatic heterocycles. The first-order valence-corrected chi connectivity index (χ1v) is 13.9. The van der Waals surface area contributed by atoms with E-state index in [2.05, 4.69) is 21.3 Å². The molecule has 2 saturated heterocycles. The lowest BCUT2D eigenvalue weighted by Crippen LogP contribution is -2.63. The van der Waals surface area contributed by atoms with Gasteiger partial charge in [0.05, 0.1) is 17.3 Å². The van der Waals surface area contributed by atoms with Crippen LogP contribution in [0.1, 0.15) is 44.0 Å². The highest BCUT2D eigenvalue weighted by molar-refractivity contribution is 6.30. The highest BCUT2D eigenvalue weighted by Gasteiger charge is 2.38. The van der Waals surface area contributed by atoms with Crippen LogP contribution in [0.4, 0.5) is 10.1 Å². The lowest BCUT2D eigenvalue weighted by atomic mass is 9.84. The minimum absolute atomic E-state index is 0.0501. The van der Waals surface area contributed by atoms with E-state index in [4.69, 9.17) is 11.6 Å². The summed E-state index contributed by atoms with van der Waals surface area (Å²) < 4.78 is 14.4. The van der Waals surface area contributed by atoms with Gasteiger partial charge in [-0.05, 0) is 67.2 Å². The fourth-order valence-corrected chi connectivity index (χ4v) is 5.32. The fraction of sp³-hybridized carbons (Fsp3) is 0.483. The van der Waals surface area contributed by atoms with Crippen LogP contribution in [0.2, 0.25) is 5.02 Å². The van der Waals surface area contributed by atoms with Gasteiger partial charge in [-0.25, -0.2) is 9.18 Å². The van der Waals surface area contributed by atoms with E-state index in [-0.39, 0.29) is 45.7 Å². The normalized spacial score (nSPS) is 19.2. The first kappa shape index (κ1) is 29.9. The standard InChI is InChI=1S/C29H37ClFN5O4/c1-29(2,3)25(34-19-8-10-32-11-9-19)27(38)36-13-12-33-24(16-36)26(37)35-23-7-4-17(14-21(23)28(39)40)20-6-5-18(30)15-22(20)31/h4-7,14-15,19,24-25,32-34H,8-13,16H2,1-3H3,(H,35,37)(H,39,40). The Hall–Kier alpha value is -3.05. The predicted octanol–water partition coefficient (Wildman–Crippen LogP) is 3.34. The number of amides is 2. The summed E-state index contributed by atoms with van der Waals surface area (Å²) in [5.41, 5.74) is 0.113. The summed E-state index contributed by atoms with van der Waals surface area (Å²) in [6.45, 7) is 8.95. The quantitative estimate of drug-likeness (QED) is 0.344. The first-order valence-electron chi connectivity index (χ1n) is 13.6. The van der Waals surface area contributed by atoms with E-state index in [0.717, 1.165) is 32.0 Å². The molecule has 2 amide bonds. The Balaban J connectivity index is 1.47. The van der Waals surface area contributed by atoms with Crippen molar-refractivity contribution in [2.45, 2.75) is 51.7 Å². The number of nitrogens with zero attached hydrogens (tertiary/aromatic N) is 1. The van der Waals surface area contributed by atoms with E-state index >= 15 is 0 Å². The Morgan fingerprint density at radius 1 is 1.10 bits per heavy atom. The topological polar surface area (TPSA) is 123 Å². The summed E-state index contributed by atoms with van der Waals surface area (Å²) in [4.78, 5) is 40.7. The summed E-state index contributed by atoms with van der Waals surface area (Å²) in [5, 5.41) is 22.8. The van der Waals surface area contributed by atoms with Gasteiger partial charge in [-0.1, -0.05) is 38.4 Å². The summed E-state index contributed by atoms with van der Waals surface area (Å²) >= 11 is 5.84. The molecule has 2 heterocycles. The number of aromatic carboxylic acids is 1. The molecule has 216 valence electrons. The molecule has 0 bridgehead atoms. The molecular formula is C29H37ClFN5O4. The molecule has 4 rings (SSSR count). The Kier molecular flexibility index (Phi) is 9.45. The van der Waals surface area contributed by atoms with Crippen molar-refractivity contribution >= 4 is 35.1 Å². The molecule has 2 aliphatic rings. The Labute approximate surface area is 238 Å². The largest absolute Gasteiger partial charge is 0.478 e.